The molecule has 0 aliphatic heterocycles. The third-order valence-electron chi connectivity index (χ3n) is 3.33. The van der Waals surface area contributed by atoms with Crippen molar-refractivity contribution in [2.24, 2.45) is 5.41 Å². The highest BCUT2D eigenvalue weighted by Gasteiger charge is 2.38. The summed E-state index contributed by atoms with van der Waals surface area (Å²) in [4.78, 5) is 11.8. The van der Waals surface area contributed by atoms with E-state index in [2.05, 4.69) is 0 Å². The summed E-state index contributed by atoms with van der Waals surface area (Å²) in [6, 6.07) is 5.73. The minimum Gasteiger partial charge on any atom is -0.465 e. The maximum absolute atomic E-state index is 11.8. The van der Waals surface area contributed by atoms with Crippen LogP contribution in [0.25, 0.3) is 0 Å². The minimum absolute atomic E-state index is 0.321. The molecular formula is C15H22O3. The molecule has 3 heteroatoms. The van der Waals surface area contributed by atoms with Crippen molar-refractivity contribution in [1.29, 1.82) is 0 Å². The highest BCUT2D eigenvalue weighted by molar-refractivity contribution is 5.77. The lowest BCUT2D eigenvalue weighted by atomic mass is 9.82. The van der Waals surface area contributed by atoms with E-state index in [-0.39, 0.29) is 5.97 Å². The van der Waals surface area contributed by atoms with Gasteiger partial charge in [0.25, 0.3) is 0 Å². The van der Waals surface area contributed by atoms with Crippen molar-refractivity contribution in [3.8, 4) is 0 Å². The van der Waals surface area contributed by atoms with Crippen LogP contribution in [0.4, 0.5) is 0 Å². The van der Waals surface area contributed by atoms with Gasteiger partial charge in [-0.1, -0.05) is 18.2 Å². The van der Waals surface area contributed by atoms with Crippen molar-refractivity contribution in [2.75, 3.05) is 6.61 Å². The summed E-state index contributed by atoms with van der Waals surface area (Å²) < 4.78 is 5.00. The molecule has 0 saturated heterocycles. The standard InChI is InChI=1S/C15H22O3/c1-6-18-14(17)15(4,5)13(16)12-8-7-10(2)11(3)9-12/h7-9,13,16H,6H2,1-5H3. The van der Waals surface area contributed by atoms with Crippen molar-refractivity contribution >= 4 is 5.97 Å². The van der Waals surface area contributed by atoms with E-state index in [0.717, 1.165) is 11.1 Å². The minimum atomic E-state index is -0.947. The molecule has 0 spiro atoms. The van der Waals surface area contributed by atoms with Gasteiger partial charge >= 0.3 is 5.97 Å². The average Bonchev–Trinajstić information content (AvgIpc) is 2.32. The first-order valence-corrected chi connectivity index (χ1v) is 6.23. The first kappa shape index (κ1) is 14.7. The number of esters is 1. The smallest absolute Gasteiger partial charge is 0.314 e. The molecular weight excluding hydrogens is 228 g/mol. The van der Waals surface area contributed by atoms with Gasteiger partial charge < -0.3 is 9.84 Å². The summed E-state index contributed by atoms with van der Waals surface area (Å²) in [6.45, 7) is 9.49. The summed E-state index contributed by atoms with van der Waals surface area (Å²) in [5, 5.41) is 10.4. The number of carbonyl (C=O) groups is 1. The van der Waals surface area contributed by atoms with Gasteiger partial charge in [0.15, 0.2) is 0 Å². The van der Waals surface area contributed by atoms with E-state index in [4.69, 9.17) is 4.74 Å². The van der Waals surface area contributed by atoms with Crippen LogP contribution in [0, 0.1) is 19.3 Å². The molecule has 1 atom stereocenters. The van der Waals surface area contributed by atoms with Crippen molar-refractivity contribution in [2.45, 2.75) is 40.7 Å². The van der Waals surface area contributed by atoms with Gasteiger partial charge in [-0.3, -0.25) is 4.79 Å². The Morgan fingerprint density at radius 2 is 1.94 bits per heavy atom. The van der Waals surface area contributed by atoms with Crippen molar-refractivity contribution < 1.29 is 14.6 Å². The number of ether oxygens (including phenoxy) is 1. The second-order valence-corrected chi connectivity index (χ2v) is 5.19. The fraction of sp³-hybridized carbons (Fsp3) is 0.533. The summed E-state index contributed by atoms with van der Waals surface area (Å²) in [5.41, 5.74) is 2.07. The molecule has 0 aromatic heterocycles. The van der Waals surface area contributed by atoms with Crippen molar-refractivity contribution in [3.05, 3.63) is 34.9 Å². The lowest BCUT2D eigenvalue weighted by Gasteiger charge is -2.28. The SMILES string of the molecule is CCOC(=O)C(C)(C)C(O)c1ccc(C)c(C)c1. The van der Waals surface area contributed by atoms with Gasteiger partial charge in [-0.2, -0.15) is 0 Å². The van der Waals surface area contributed by atoms with Crippen LogP contribution in [0.15, 0.2) is 18.2 Å². The molecule has 1 rings (SSSR count). The van der Waals surface area contributed by atoms with E-state index in [1.165, 1.54) is 5.56 Å². The summed E-state index contributed by atoms with van der Waals surface area (Å²) >= 11 is 0. The Balaban J connectivity index is 3.01. The number of rotatable bonds is 4. The zero-order valence-corrected chi connectivity index (χ0v) is 11.8. The number of aliphatic hydroxyl groups excluding tert-OH is 1. The zero-order valence-electron chi connectivity index (χ0n) is 11.8. The third kappa shape index (κ3) is 2.91. The molecule has 1 unspecified atom stereocenters. The Bertz CT molecular complexity index is 435. The van der Waals surface area contributed by atoms with Gasteiger partial charge in [-0.15, -0.1) is 0 Å². The van der Waals surface area contributed by atoms with Gasteiger partial charge in [-0.05, 0) is 51.3 Å². The molecule has 100 valence electrons. The fourth-order valence-electron chi connectivity index (χ4n) is 1.78. The molecule has 0 amide bonds. The Kier molecular flexibility index (Phi) is 4.52. The molecule has 0 aliphatic carbocycles. The van der Waals surface area contributed by atoms with Crippen LogP contribution >= 0.6 is 0 Å². The molecule has 0 radical (unpaired) electrons. The molecule has 0 heterocycles. The molecule has 18 heavy (non-hydrogen) atoms. The zero-order chi connectivity index (χ0) is 13.9. The van der Waals surface area contributed by atoms with Gasteiger partial charge in [0.05, 0.1) is 18.1 Å². The summed E-state index contributed by atoms with van der Waals surface area (Å²) in [7, 11) is 0. The van der Waals surface area contributed by atoms with E-state index in [9.17, 15) is 9.90 Å². The number of aliphatic hydroxyl groups is 1. The molecule has 1 N–H and O–H groups in total. The maximum Gasteiger partial charge on any atom is 0.314 e. The lowest BCUT2D eigenvalue weighted by molar-refractivity contribution is -0.160. The lowest BCUT2D eigenvalue weighted by Crippen LogP contribution is -2.33. The largest absolute Gasteiger partial charge is 0.465 e. The highest BCUT2D eigenvalue weighted by atomic mass is 16.5. The predicted molar refractivity (Wildman–Crippen MR) is 71.3 cm³/mol. The third-order valence-corrected chi connectivity index (χ3v) is 3.33. The van der Waals surface area contributed by atoms with E-state index < -0.39 is 11.5 Å². The predicted octanol–water partition coefficient (Wildman–Crippen LogP) is 2.93. The quantitative estimate of drug-likeness (QED) is 0.836. The molecule has 0 fully saturated rings. The number of carbonyl (C=O) groups excluding carboxylic acids is 1. The number of benzene rings is 1. The van der Waals surface area contributed by atoms with E-state index in [0.29, 0.717) is 6.61 Å². The molecule has 3 nitrogen and oxygen atoms in total. The first-order valence-electron chi connectivity index (χ1n) is 6.23. The first-order chi connectivity index (χ1) is 8.30. The highest BCUT2D eigenvalue weighted by Crippen LogP contribution is 2.35. The molecule has 1 aromatic carbocycles. The van der Waals surface area contributed by atoms with Crippen LogP contribution in [-0.2, 0) is 9.53 Å². The average molecular weight is 250 g/mol. The van der Waals surface area contributed by atoms with E-state index in [1.807, 2.05) is 32.0 Å². The molecule has 0 bridgehead atoms. The van der Waals surface area contributed by atoms with Gasteiger partial charge in [0.1, 0.15) is 0 Å². The van der Waals surface area contributed by atoms with Crippen molar-refractivity contribution in [1.82, 2.24) is 0 Å². The Morgan fingerprint density at radius 1 is 1.33 bits per heavy atom. The second kappa shape index (κ2) is 5.53. The van der Waals surface area contributed by atoms with Crippen LogP contribution < -0.4 is 0 Å². The Morgan fingerprint density at radius 3 is 2.44 bits per heavy atom. The van der Waals surface area contributed by atoms with Crippen LogP contribution in [-0.4, -0.2) is 17.7 Å². The summed E-state index contributed by atoms with van der Waals surface area (Å²) in [5.74, 6) is -0.379. The Hall–Kier alpha value is -1.35. The molecule has 1 aromatic rings. The second-order valence-electron chi connectivity index (χ2n) is 5.19. The van der Waals surface area contributed by atoms with Crippen LogP contribution in [0.1, 0.15) is 43.6 Å². The number of hydrogen-bond acceptors (Lipinski definition) is 3. The van der Waals surface area contributed by atoms with Crippen molar-refractivity contribution in [3.63, 3.8) is 0 Å². The van der Waals surface area contributed by atoms with E-state index >= 15 is 0 Å². The number of hydrogen-bond donors (Lipinski definition) is 1. The van der Waals surface area contributed by atoms with Crippen LogP contribution in [0.5, 0.6) is 0 Å². The van der Waals surface area contributed by atoms with Crippen LogP contribution in [0.2, 0.25) is 0 Å². The monoisotopic (exact) mass is 250 g/mol. The van der Waals surface area contributed by atoms with E-state index in [1.54, 1.807) is 20.8 Å². The topological polar surface area (TPSA) is 46.5 Å². The molecule has 0 aliphatic rings. The normalized spacial score (nSPS) is 13.2. The summed E-state index contributed by atoms with van der Waals surface area (Å²) in [6.07, 6.45) is -0.865. The van der Waals surface area contributed by atoms with Gasteiger partial charge in [0.2, 0.25) is 0 Å². The fourth-order valence-corrected chi connectivity index (χ4v) is 1.78. The Labute approximate surface area is 109 Å². The number of aryl methyl sites for hydroxylation is 2. The van der Waals surface area contributed by atoms with Gasteiger partial charge in [0, 0.05) is 0 Å². The molecule has 0 saturated carbocycles. The van der Waals surface area contributed by atoms with Gasteiger partial charge in [-0.25, -0.2) is 0 Å². The van der Waals surface area contributed by atoms with Crippen LogP contribution in [0.3, 0.4) is 0 Å². The maximum atomic E-state index is 11.8.